The van der Waals surface area contributed by atoms with Crippen molar-refractivity contribution in [2.45, 2.75) is 38.5 Å². The minimum absolute atomic E-state index is 0.581. The zero-order valence-corrected chi connectivity index (χ0v) is 8.60. The fourth-order valence-electron chi connectivity index (χ4n) is 2.31. The van der Waals surface area contributed by atoms with Crippen LogP contribution in [0.5, 0.6) is 0 Å². The van der Waals surface area contributed by atoms with Crippen molar-refractivity contribution in [2.75, 3.05) is 26.2 Å². The van der Waals surface area contributed by atoms with Crippen molar-refractivity contribution in [3.8, 4) is 0 Å². The van der Waals surface area contributed by atoms with E-state index in [0.717, 1.165) is 6.54 Å². The van der Waals surface area contributed by atoms with Crippen molar-refractivity contribution < 1.29 is 0 Å². The second-order valence-electron chi connectivity index (χ2n) is 4.86. The molecule has 2 N–H and O–H groups in total. The average Bonchev–Trinajstić information content (AvgIpc) is 2.97. The summed E-state index contributed by atoms with van der Waals surface area (Å²) in [6, 6.07) is 0. The molecular weight excluding hydrogens is 160 g/mol. The van der Waals surface area contributed by atoms with Crippen LogP contribution in [0.15, 0.2) is 0 Å². The molecule has 1 saturated carbocycles. The molecule has 2 heteroatoms. The molecule has 1 aliphatic heterocycles. The van der Waals surface area contributed by atoms with E-state index in [0.29, 0.717) is 5.41 Å². The topological polar surface area (TPSA) is 29.3 Å². The summed E-state index contributed by atoms with van der Waals surface area (Å²) in [5.74, 6) is 0. The molecule has 0 unspecified atom stereocenters. The molecule has 0 bridgehead atoms. The van der Waals surface area contributed by atoms with Crippen LogP contribution < -0.4 is 5.73 Å². The third-order valence-corrected chi connectivity index (χ3v) is 3.80. The molecule has 2 rings (SSSR count). The SMILES string of the molecule is NCC1(CCN2CCCCC2)CC1. The Kier molecular flexibility index (Phi) is 2.89. The van der Waals surface area contributed by atoms with E-state index in [1.807, 2.05) is 0 Å². The maximum atomic E-state index is 5.77. The lowest BCUT2D eigenvalue weighted by atomic mass is 10.0. The van der Waals surface area contributed by atoms with Crippen LogP contribution in [-0.4, -0.2) is 31.1 Å². The molecule has 0 aromatic carbocycles. The molecule has 76 valence electrons. The third-order valence-electron chi connectivity index (χ3n) is 3.80. The number of hydrogen-bond donors (Lipinski definition) is 1. The average molecular weight is 182 g/mol. The van der Waals surface area contributed by atoms with Crippen LogP contribution >= 0.6 is 0 Å². The maximum Gasteiger partial charge on any atom is -0.00130 e. The van der Waals surface area contributed by atoms with Gasteiger partial charge in [0, 0.05) is 0 Å². The number of rotatable bonds is 4. The van der Waals surface area contributed by atoms with Gasteiger partial charge in [0.25, 0.3) is 0 Å². The summed E-state index contributed by atoms with van der Waals surface area (Å²) in [6.45, 7) is 4.89. The third kappa shape index (κ3) is 2.44. The monoisotopic (exact) mass is 182 g/mol. The second kappa shape index (κ2) is 3.97. The molecule has 2 fully saturated rings. The Morgan fingerprint density at radius 1 is 1.08 bits per heavy atom. The van der Waals surface area contributed by atoms with Crippen LogP contribution in [0.3, 0.4) is 0 Å². The molecular formula is C11H22N2. The summed E-state index contributed by atoms with van der Waals surface area (Å²) >= 11 is 0. The number of piperidine rings is 1. The van der Waals surface area contributed by atoms with E-state index in [2.05, 4.69) is 4.90 Å². The quantitative estimate of drug-likeness (QED) is 0.715. The first-order chi connectivity index (χ1) is 6.35. The number of likely N-dealkylation sites (tertiary alicyclic amines) is 1. The normalized spacial score (nSPS) is 27.5. The van der Waals surface area contributed by atoms with Crippen molar-refractivity contribution in [1.82, 2.24) is 4.90 Å². The van der Waals surface area contributed by atoms with Crippen LogP contribution in [0.4, 0.5) is 0 Å². The van der Waals surface area contributed by atoms with Crippen molar-refractivity contribution in [2.24, 2.45) is 11.1 Å². The summed E-state index contributed by atoms with van der Waals surface area (Å²) in [5.41, 5.74) is 6.35. The minimum atomic E-state index is 0.581. The summed E-state index contributed by atoms with van der Waals surface area (Å²) < 4.78 is 0. The smallest absolute Gasteiger partial charge is 0.00130 e. The highest BCUT2D eigenvalue weighted by molar-refractivity contribution is 4.94. The van der Waals surface area contributed by atoms with Gasteiger partial charge in [0.2, 0.25) is 0 Å². The summed E-state index contributed by atoms with van der Waals surface area (Å²) in [5, 5.41) is 0. The molecule has 0 aromatic rings. The Balaban J connectivity index is 1.66. The summed E-state index contributed by atoms with van der Waals surface area (Å²) in [4.78, 5) is 2.62. The molecule has 2 nitrogen and oxygen atoms in total. The van der Waals surface area contributed by atoms with Crippen LogP contribution in [0, 0.1) is 5.41 Å². The Morgan fingerprint density at radius 3 is 2.31 bits per heavy atom. The lowest BCUT2D eigenvalue weighted by molar-refractivity contribution is 0.210. The van der Waals surface area contributed by atoms with E-state index < -0.39 is 0 Å². The Labute approximate surface area is 81.5 Å². The van der Waals surface area contributed by atoms with E-state index in [-0.39, 0.29) is 0 Å². The molecule has 1 heterocycles. The zero-order valence-electron chi connectivity index (χ0n) is 8.60. The second-order valence-corrected chi connectivity index (χ2v) is 4.86. The van der Waals surface area contributed by atoms with Gasteiger partial charge in [0.05, 0.1) is 0 Å². The first-order valence-electron chi connectivity index (χ1n) is 5.77. The molecule has 0 amide bonds. The van der Waals surface area contributed by atoms with E-state index in [4.69, 9.17) is 5.73 Å². The van der Waals surface area contributed by atoms with Gasteiger partial charge in [0.1, 0.15) is 0 Å². The molecule has 2 aliphatic rings. The molecule has 13 heavy (non-hydrogen) atoms. The Bertz CT molecular complexity index is 157. The predicted octanol–water partition coefficient (Wildman–Crippen LogP) is 1.60. The lowest BCUT2D eigenvalue weighted by Gasteiger charge is -2.27. The van der Waals surface area contributed by atoms with Gasteiger partial charge >= 0.3 is 0 Å². The van der Waals surface area contributed by atoms with Gasteiger partial charge < -0.3 is 10.6 Å². The van der Waals surface area contributed by atoms with Crippen molar-refractivity contribution in [3.05, 3.63) is 0 Å². The van der Waals surface area contributed by atoms with Gasteiger partial charge in [-0.15, -0.1) is 0 Å². The molecule has 1 saturated heterocycles. The largest absolute Gasteiger partial charge is 0.330 e. The predicted molar refractivity (Wildman–Crippen MR) is 55.6 cm³/mol. The zero-order chi connectivity index (χ0) is 9.15. The number of hydrogen-bond acceptors (Lipinski definition) is 2. The van der Waals surface area contributed by atoms with E-state index in [1.165, 1.54) is 58.2 Å². The fraction of sp³-hybridized carbons (Fsp3) is 1.00. The van der Waals surface area contributed by atoms with Crippen LogP contribution in [0.2, 0.25) is 0 Å². The van der Waals surface area contributed by atoms with Crippen molar-refractivity contribution >= 4 is 0 Å². The standard InChI is InChI=1S/C11H22N2/c12-10-11(4-5-11)6-9-13-7-2-1-3-8-13/h1-10,12H2. The highest BCUT2D eigenvalue weighted by Crippen LogP contribution is 2.47. The Hall–Kier alpha value is -0.0800. The summed E-state index contributed by atoms with van der Waals surface area (Å²) in [6.07, 6.45) is 8.39. The van der Waals surface area contributed by atoms with Gasteiger partial charge in [-0.2, -0.15) is 0 Å². The highest BCUT2D eigenvalue weighted by atomic mass is 15.1. The van der Waals surface area contributed by atoms with Gasteiger partial charge in [0.15, 0.2) is 0 Å². The first-order valence-corrected chi connectivity index (χ1v) is 5.77. The first kappa shape index (κ1) is 9.47. The van der Waals surface area contributed by atoms with Gasteiger partial charge in [-0.25, -0.2) is 0 Å². The van der Waals surface area contributed by atoms with E-state index in [1.54, 1.807) is 0 Å². The molecule has 0 radical (unpaired) electrons. The molecule has 0 aromatic heterocycles. The fourth-order valence-corrected chi connectivity index (χ4v) is 2.31. The molecule has 0 atom stereocenters. The Morgan fingerprint density at radius 2 is 1.77 bits per heavy atom. The maximum absolute atomic E-state index is 5.77. The van der Waals surface area contributed by atoms with E-state index in [9.17, 15) is 0 Å². The van der Waals surface area contributed by atoms with Crippen molar-refractivity contribution in [1.29, 1.82) is 0 Å². The minimum Gasteiger partial charge on any atom is -0.330 e. The van der Waals surface area contributed by atoms with Gasteiger partial charge in [-0.1, -0.05) is 6.42 Å². The highest BCUT2D eigenvalue weighted by Gasteiger charge is 2.40. The van der Waals surface area contributed by atoms with Gasteiger partial charge in [-0.05, 0) is 63.7 Å². The van der Waals surface area contributed by atoms with Crippen LogP contribution in [0.1, 0.15) is 38.5 Å². The van der Waals surface area contributed by atoms with Crippen molar-refractivity contribution in [3.63, 3.8) is 0 Å². The van der Waals surface area contributed by atoms with Crippen LogP contribution in [0.25, 0.3) is 0 Å². The lowest BCUT2D eigenvalue weighted by Crippen LogP contribution is -2.32. The number of nitrogens with zero attached hydrogens (tertiary/aromatic N) is 1. The van der Waals surface area contributed by atoms with Gasteiger partial charge in [-0.3, -0.25) is 0 Å². The summed E-state index contributed by atoms with van der Waals surface area (Å²) in [7, 11) is 0. The van der Waals surface area contributed by atoms with E-state index >= 15 is 0 Å². The molecule has 0 spiro atoms. The molecule has 1 aliphatic carbocycles. The number of nitrogens with two attached hydrogens (primary N) is 1. The van der Waals surface area contributed by atoms with Crippen LogP contribution in [-0.2, 0) is 0 Å².